The molecule has 3 N–H and O–H groups in total. The zero-order valence-corrected chi connectivity index (χ0v) is 11.2. The van der Waals surface area contributed by atoms with Gasteiger partial charge in [-0.15, -0.1) is 0 Å². The Labute approximate surface area is 117 Å². The molecule has 0 saturated carbocycles. The normalized spacial score (nSPS) is 13.8. The van der Waals surface area contributed by atoms with Gasteiger partial charge in [-0.25, -0.2) is 13.6 Å². The first-order valence-electron chi connectivity index (χ1n) is 5.45. The number of hydrogen-bond acceptors (Lipinski definition) is 5. The molecule has 0 aliphatic heterocycles. The van der Waals surface area contributed by atoms with Crippen LogP contribution in [0, 0.1) is 11.6 Å². The van der Waals surface area contributed by atoms with Crippen LogP contribution >= 0.6 is 11.8 Å². The number of halogens is 2. The molecule has 1 aromatic carbocycles. The number of carboxylic acid groups (broad SMARTS) is 1. The fraction of sp³-hybridized carbons (Fsp3) is 0.333. The average Bonchev–Trinajstić information content (AvgIpc) is 2.34. The smallest absolute Gasteiger partial charge is 0.338 e. The highest BCUT2D eigenvalue weighted by atomic mass is 32.2. The molecular formula is C12H12F2O5S. The molecule has 0 radical (unpaired) electrons. The van der Waals surface area contributed by atoms with Crippen molar-refractivity contribution in [2.24, 2.45) is 0 Å². The van der Waals surface area contributed by atoms with Crippen molar-refractivity contribution >= 4 is 22.8 Å². The molecular weight excluding hydrogens is 294 g/mol. The van der Waals surface area contributed by atoms with E-state index in [1.165, 1.54) is 6.92 Å². The van der Waals surface area contributed by atoms with Gasteiger partial charge in [-0.05, 0) is 6.07 Å². The summed E-state index contributed by atoms with van der Waals surface area (Å²) in [6.07, 6.45) is -3.26. The first-order valence-corrected chi connectivity index (χ1v) is 6.44. The van der Waals surface area contributed by atoms with Crippen molar-refractivity contribution in [2.45, 2.75) is 19.1 Å². The lowest BCUT2D eigenvalue weighted by atomic mass is 10.0. The first-order chi connectivity index (χ1) is 9.23. The van der Waals surface area contributed by atoms with Gasteiger partial charge in [-0.3, -0.25) is 4.79 Å². The summed E-state index contributed by atoms with van der Waals surface area (Å²) < 4.78 is 26.7. The van der Waals surface area contributed by atoms with Crippen LogP contribution in [0.4, 0.5) is 8.78 Å². The number of rotatable bonds is 5. The van der Waals surface area contributed by atoms with Crippen LogP contribution in [-0.4, -0.2) is 38.3 Å². The van der Waals surface area contributed by atoms with Gasteiger partial charge in [0.2, 0.25) is 0 Å². The largest absolute Gasteiger partial charge is 0.478 e. The van der Waals surface area contributed by atoms with Crippen LogP contribution in [0.25, 0.3) is 0 Å². The molecule has 5 nitrogen and oxygen atoms in total. The molecule has 0 aromatic heterocycles. The molecule has 0 heterocycles. The van der Waals surface area contributed by atoms with Crippen molar-refractivity contribution in [3.63, 3.8) is 0 Å². The number of carboxylic acids is 1. The van der Waals surface area contributed by atoms with Crippen molar-refractivity contribution < 1.29 is 33.7 Å². The van der Waals surface area contributed by atoms with Crippen LogP contribution in [0.3, 0.4) is 0 Å². The Balaban J connectivity index is 3.02. The summed E-state index contributed by atoms with van der Waals surface area (Å²) in [5.41, 5.74) is -1.35. The Kier molecular flexibility index (Phi) is 5.61. The molecule has 0 aliphatic rings. The predicted octanol–water partition coefficient (Wildman–Crippen LogP) is 1.34. The second kappa shape index (κ2) is 6.78. The molecule has 1 aromatic rings. The molecule has 0 amide bonds. The van der Waals surface area contributed by atoms with E-state index in [4.69, 9.17) is 5.11 Å². The van der Waals surface area contributed by atoms with E-state index < -0.39 is 40.9 Å². The minimum atomic E-state index is -1.76. The van der Waals surface area contributed by atoms with Crippen LogP contribution in [0.15, 0.2) is 12.1 Å². The number of aliphatic hydroxyl groups excluding tert-OH is 2. The molecule has 0 aliphatic carbocycles. The Morgan fingerprint density at radius 3 is 2.35 bits per heavy atom. The van der Waals surface area contributed by atoms with E-state index in [1.54, 1.807) is 0 Å². The second-order valence-corrected chi connectivity index (χ2v) is 5.17. The van der Waals surface area contributed by atoms with E-state index in [9.17, 15) is 28.6 Å². The van der Waals surface area contributed by atoms with Gasteiger partial charge in [-0.1, -0.05) is 11.8 Å². The van der Waals surface area contributed by atoms with Gasteiger partial charge in [0.1, 0.15) is 17.7 Å². The first kappa shape index (κ1) is 16.5. The molecule has 0 bridgehead atoms. The van der Waals surface area contributed by atoms with Gasteiger partial charge in [0.25, 0.3) is 0 Å². The lowest BCUT2D eigenvalue weighted by molar-refractivity contribution is -0.109. The summed E-state index contributed by atoms with van der Waals surface area (Å²) in [7, 11) is 0. The van der Waals surface area contributed by atoms with Crippen molar-refractivity contribution in [2.75, 3.05) is 5.75 Å². The van der Waals surface area contributed by atoms with E-state index in [0.29, 0.717) is 12.1 Å². The summed E-state index contributed by atoms with van der Waals surface area (Å²) in [6, 6.07) is 0.951. The zero-order chi connectivity index (χ0) is 15.4. The molecule has 8 heteroatoms. The highest BCUT2D eigenvalue weighted by Gasteiger charge is 2.25. The van der Waals surface area contributed by atoms with Crippen molar-refractivity contribution in [3.05, 3.63) is 34.9 Å². The monoisotopic (exact) mass is 306 g/mol. The number of hydrogen-bond donors (Lipinski definition) is 3. The van der Waals surface area contributed by atoms with Crippen LogP contribution in [0.2, 0.25) is 0 Å². The molecule has 20 heavy (non-hydrogen) atoms. The standard InChI is InChI=1S/C12H12F2O5S/c1-5(15)20-4-10(16)11(17)6-2-7(12(18)19)9(14)3-8(6)13/h2-3,10-11,16-17H,4H2,1H3,(H,18,19). The van der Waals surface area contributed by atoms with Crippen molar-refractivity contribution in [1.29, 1.82) is 0 Å². The van der Waals surface area contributed by atoms with E-state index in [-0.39, 0.29) is 10.9 Å². The molecule has 110 valence electrons. The van der Waals surface area contributed by atoms with Gasteiger partial charge in [-0.2, -0.15) is 0 Å². The van der Waals surface area contributed by atoms with E-state index in [1.807, 2.05) is 0 Å². The zero-order valence-electron chi connectivity index (χ0n) is 10.3. The topological polar surface area (TPSA) is 94.8 Å². The summed E-state index contributed by atoms with van der Waals surface area (Å²) in [5.74, 6) is -4.27. The minimum absolute atomic E-state index is 0.199. The van der Waals surface area contributed by atoms with Crippen molar-refractivity contribution in [1.82, 2.24) is 0 Å². The molecule has 0 saturated heterocycles. The third-order valence-corrected chi connectivity index (χ3v) is 3.37. The van der Waals surface area contributed by atoms with Gasteiger partial charge in [0.15, 0.2) is 5.12 Å². The van der Waals surface area contributed by atoms with Crippen molar-refractivity contribution in [3.8, 4) is 0 Å². The quantitative estimate of drug-likeness (QED) is 0.760. The van der Waals surface area contributed by atoms with Gasteiger partial charge in [0, 0.05) is 24.3 Å². The highest BCUT2D eigenvalue weighted by Crippen LogP contribution is 2.25. The third kappa shape index (κ3) is 3.99. The predicted molar refractivity (Wildman–Crippen MR) is 67.4 cm³/mol. The van der Waals surface area contributed by atoms with Crippen LogP contribution in [-0.2, 0) is 4.79 Å². The number of thioether (sulfide) groups is 1. The maximum Gasteiger partial charge on any atom is 0.338 e. The van der Waals surface area contributed by atoms with Crippen LogP contribution < -0.4 is 0 Å². The Bertz CT molecular complexity index is 535. The van der Waals surface area contributed by atoms with E-state index in [2.05, 4.69) is 0 Å². The van der Waals surface area contributed by atoms with Gasteiger partial charge in [0.05, 0.1) is 11.7 Å². The lowest BCUT2D eigenvalue weighted by Gasteiger charge is -2.18. The summed E-state index contributed by atoms with van der Waals surface area (Å²) >= 11 is 0.720. The minimum Gasteiger partial charge on any atom is -0.478 e. The van der Waals surface area contributed by atoms with Gasteiger partial charge < -0.3 is 15.3 Å². The summed E-state index contributed by atoms with van der Waals surface area (Å²) in [5, 5.41) is 27.8. The number of carbonyl (C=O) groups is 2. The van der Waals surface area contributed by atoms with Crippen LogP contribution in [0.5, 0.6) is 0 Å². The molecule has 0 fully saturated rings. The average molecular weight is 306 g/mol. The van der Waals surface area contributed by atoms with E-state index >= 15 is 0 Å². The number of aliphatic hydroxyl groups is 2. The SMILES string of the molecule is CC(=O)SCC(O)C(O)c1cc(C(=O)O)c(F)cc1F. The highest BCUT2D eigenvalue weighted by molar-refractivity contribution is 8.13. The number of benzene rings is 1. The number of aromatic carboxylic acids is 1. The van der Waals surface area contributed by atoms with E-state index in [0.717, 1.165) is 11.8 Å². The molecule has 0 spiro atoms. The maximum atomic E-state index is 13.5. The maximum absolute atomic E-state index is 13.5. The Morgan fingerprint density at radius 1 is 1.25 bits per heavy atom. The number of carbonyl (C=O) groups excluding carboxylic acids is 1. The Hall–Kier alpha value is -1.51. The second-order valence-electron chi connectivity index (χ2n) is 3.97. The lowest BCUT2D eigenvalue weighted by Crippen LogP contribution is -2.23. The van der Waals surface area contributed by atoms with Crippen LogP contribution in [0.1, 0.15) is 28.9 Å². The molecule has 2 unspecified atom stereocenters. The fourth-order valence-corrected chi connectivity index (χ4v) is 2.05. The summed E-state index contributed by atoms with van der Waals surface area (Å²) in [4.78, 5) is 21.5. The third-order valence-electron chi connectivity index (χ3n) is 2.46. The fourth-order valence-electron chi connectivity index (χ4n) is 1.46. The molecule has 2 atom stereocenters. The summed E-state index contributed by atoms with van der Waals surface area (Å²) in [6.45, 7) is 1.25. The van der Waals surface area contributed by atoms with Gasteiger partial charge >= 0.3 is 5.97 Å². The Morgan fingerprint density at radius 2 is 1.85 bits per heavy atom. The molecule has 1 rings (SSSR count).